The molecule has 12 heteroatoms. The van der Waals surface area contributed by atoms with Gasteiger partial charge in [-0.3, -0.25) is 9.59 Å². The number of thiophene rings is 2. The molecule has 1 aliphatic rings. The van der Waals surface area contributed by atoms with Crippen molar-refractivity contribution < 1.29 is 27.9 Å². The van der Waals surface area contributed by atoms with Gasteiger partial charge < -0.3 is 20.5 Å². The first-order valence-corrected chi connectivity index (χ1v) is 14.4. The molecule has 0 spiro atoms. The van der Waals surface area contributed by atoms with Crippen LogP contribution < -0.4 is 15.4 Å². The summed E-state index contributed by atoms with van der Waals surface area (Å²) in [5.41, 5.74) is 0. The van der Waals surface area contributed by atoms with Gasteiger partial charge in [-0.15, -0.1) is 22.7 Å². The lowest BCUT2D eigenvalue weighted by Crippen LogP contribution is -2.49. The monoisotopic (exact) mass is 517 g/mol. The Morgan fingerprint density at radius 2 is 2.03 bits per heavy atom. The van der Waals surface area contributed by atoms with Gasteiger partial charge >= 0.3 is 5.97 Å². The highest BCUT2D eigenvalue weighted by atomic mass is 32.2. The number of carbonyl (C=O) groups excluding carboxylic acids is 1. The van der Waals surface area contributed by atoms with Crippen molar-refractivity contribution >= 4 is 54.0 Å². The molecule has 3 rings (SSSR count). The number of hydrogen-bond donors (Lipinski definition) is 4. The molecule has 184 valence electrons. The first-order valence-electron chi connectivity index (χ1n) is 11.1. The number of rotatable bonds is 13. The van der Waals surface area contributed by atoms with Crippen molar-refractivity contribution in [1.82, 2.24) is 15.4 Å². The van der Waals surface area contributed by atoms with Crippen LogP contribution in [0.3, 0.4) is 0 Å². The van der Waals surface area contributed by atoms with E-state index in [1.165, 1.54) is 35.5 Å². The number of aliphatic carboxylic acids is 1. The maximum Gasteiger partial charge on any atom is 0.323 e. The van der Waals surface area contributed by atoms with E-state index in [4.69, 9.17) is 4.74 Å². The van der Waals surface area contributed by atoms with Gasteiger partial charge in [0.25, 0.3) is 5.91 Å². The summed E-state index contributed by atoms with van der Waals surface area (Å²) in [7, 11) is -3.85. The molecule has 0 aromatic carbocycles. The smallest absolute Gasteiger partial charge is 0.323 e. The number of fused-ring (bicyclic) bond motifs is 1. The molecule has 0 bridgehead atoms. The van der Waals surface area contributed by atoms with Crippen molar-refractivity contribution in [3.63, 3.8) is 0 Å². The Bertz CT molecular complexity index is 1010. The van der Waals surface area contributed by atoms with E-state index in [2.05, 4.69) is 21.4 Å². The molecule has 4 N–H and O–H groups in total. The summed E-state index contributed by atoms with van der Waals surface area (Å²) in [5, 5.41) is 16.3. The number of carboxylic acid groups (broad SMARTS) is 1. The first-order chi connectivity index (χ1) is 15.8. The molecule has 1 aliphatic heterocycles. The summed E-state index contributed by atoms with van der Waals surface area (Å²) in [6, 6.07) is 2.48. The fourth-order valence-corrected chi connectivity index (χ4v) is 7.19. The fraction of sp³-hybridized carbons (Fsp3) is 0.619. The topological polar surface area (TPSA) is 134 Å². The van der Waals surface area contributed by atoms with Crippen LogP contribution in [0.2, 0.25) is 0 Å². The van der Waals surface area contributed by atoms with Crippen molar-refractivity contribution in [1.29, 1.82) is 0 Å². The van der Waals surface area contributed by atoms with E-state index in [-0.39, 0.29) is 18.9 Å². The largest absolute Gasteiger partial charge is 0.480 e. The summed E-state index contributed by atoms with van der Waals surface area (Å²) in [4.78, 5) is 25.8. The summed E-state index contributed by atoms with van der Waals surface area (Å²) < 4.78 is 32.3. The summed E-state index contributed by atoms with van der Waals surface area (Å²) in [5.74, 6) is -1.36. The number of carbonyl (C=O) groups is 2. The van der Waals surface area contributed by atoms with E-state index in [1.54, 1.807) is 18.3 Å². The van der Waals surface area contributed by atoms with Crippen molar-refractivity contribution in [3.05, 3.63) is 21.9 Å². The maximum absolute atomic E-state index is 12.5. The number of carboxylic acids is 1. The predicted octanol–water partition coefficient (Wildman–Crippen LogP) is 2.03. The standard InChI is InChI=1S/C21H31N3O6S3/c1-2-30-9-10-33(28,29)24-17(20(26)27)13-23-19(25)18-12-15-11-16(31-21(15)32-18)4-3-14-5-7-22-8-6-14/h11-12,14,17,22,24H,2-10,13H2,1H3,(H,23,25)(H,26,27)/t17-/m0/s1. The Morgan fingerprint density at radius 3 is 2.70 bits per heavy atom. The normalized spacial score (nSPS) is 16.2. The zero-order valence-electron chi connectivity index (χ0n) is 18.6. The van der Waals surface area contributed by atoms with E-state index in [0.29, 0.717) is 11.5 Å². The van der Waals surface area contributed by atoms with E-state index >= 15 is 0 Å². The zero-order chi connectivity index (χ0) is 23.8. The third kappa shape index (κ3) is 8.01. The van der Waals surface area contributed by atoms with Crippen LogP contribution in [0, 0.1) is 5.92 Å². The van der Waals surface area contributed by atoms with Gasteiger partial charge in [-0.05, 0) is 63.7 Å². The van der Waals surface area contributed by atoms with Crippen molar-refractivity contribution in [2.45, 2.75) is 38.6 Å². The molecule has 0 unspecified atom stereocenters. The Hall–Kier alpha value is -1.57. The minimum atomic E-state index is -3.85. The first kappa shape index (κ1) is 26.0. The van der Waals surface area contributed by atoms with Gasteiger partial charge in [0.15, 0.2) is 0 Å². The zero-order valence-corrected chi connectivity index (χ0v) is 21.0. The third-order valence-corrected chi connectivity index (χ3v) is 9.33. The lowest BCUT2D eigenvalue weighted by atomic mass is 9.93. The average molecular weight is 518 g/mol. The number of ether oxygens (including phenoxy) is 1. The highest BCUT2D eigenvalue weighted by molar-refractivity contribution is 7.89. The molecule has 0 saturated carbocycles. The van der Waals surface area contributed by atoms with Crippen LogP contribution in [-0.4, -0.2) is 70.0 Å². The minimum absolute atomic E-state index is 0.0314. The lowest BCUT2D eigenvalue weighted by Gasteiger charge is -2.22. The van der Waals surface area contributed by atoms with Gasteiger partial charge in [0, 0.05) is 23.4 Å². The van der Waals surface area contributed by atoms with Gasteiger partial charge in [0.1, 0.15) is 6.04 Å². The minimum Gasteiger partial charge on any atom is -0.480 e. The number of amides is 1. The second-order valence-electron chi connectivity index (χ2n) is 8.03. The molecule has 0 radical (unpaired) electrons. The molecule has 2 aromatic heterocycles. The highest BCUT2D eigenvalue weighted by Crippen LogP contribution is 2.34. The third-order valence-electron chi connectivity index (χ3n) is 5.53. The SMILES string of the molecule is CCOCCS(=O)(=O)N[C@@H](CNC(=O)c1cc2cc(CCC3CCNCC3)sc2s1)C(=O)O. The van der Waals surface area contributed by atoms with Gasteiger partial charge in [0.05, 0.1) is 21.3 Å². The number of hydrogen-bond acceptors (Lipinski definition) is 8. The second-order valence-corrected chi connectivity index (χ2v) is 12.4. The van der Waals surface area contributed by atoms with Crippen LogP contribution in [0.5, 0.6) is 0 Å². The quantitative estimate of drug-likeness (QED) is 0.299. The van der Waals surface area contributed by atoms with Gasteiger partial charge in [-0.1, -0.05) is 0 Å². The molecule has 1 saturated heterocycles. The molecule has 1 atom stereocenters. The molecular weight excluding hydrogens is 486 g/mol. The molecular formula is C21H31N3O6S3. The molecule has 1 amide bonds. The number of nitrogens with one attached hydrogen (secondary N) is 3. The van der Waals surface area contributed by atoms with Crippen molar-refractivity contribution in [2.24, 2.45) is 5.92 Å². The molecule has 33 heavy (non-hydrogen) atoms. The molecule has 3 heterocycles. The van der Waals surface area contributed by atoms with E-state index in [9.17, 15) is 23.1 Å². The van der Waals surface area contributed by atoms with Gasteiger partial charge in [-0.25, -0.2) is 8.42 Å². The lowest BCUT2D eigenvalue weighted by molar-refractivity contribution is -0.138. The Labute approximate surface area is 202 Å². The van der Waals surface area contributed by atoms with Gasteiger partial charge in [0.2, 0.25) is 10.0 Å². The van der Waals surface area contributed by atoms with E-state index < -0.39 is 27.9 Å². The van der Waals surface area contributed by atoms with Crippen LogP contribution >= 0.6 is 22.7 Å². The molecule has 0 aliphatic carbocycles. The second kappa shape index (κ2) is 12.2. The van der Waals surface area contributed by atoms with Crippen LogP contribution in [0.1, 0.15) is 40.7 Å². The number of aryl methyl sites for hydroxylation is 1. The fourth-order valence-electron chi connectivity index (χ4n) is 3.69. The molecule has 1 fully saturated rings. The number of piperidine rings is 1. The Kier molecular flexibility index (Phi) is 9.65. The van der Waals surface area contributed by atoms with Crippen LogP contribution in [0.25, 0.3) is 9.40 Å². The Morgan fingerprint density at radius 1 is 1.27 bits per heavy atom. The highest BCUT2D eigenvalue weighted by Gasteiger charge is 2.25. The number of sulfonamides is 1. The molecule has 2 aromatic rings. The van der Waals surface area contributed by atoms with Crippen molar-refractivity contribution in [3.8, 4) is 0 Å². The summed E-state index contributed by atoms with van der Waals surface area (Å²) >= 11 is 3.06. The van der Waals surface area contributed by atoms with E-state index in [1.807, 2.05) is 6.07 Å². The summed E-state index contributed by atoms with van der Waals surface area (Å²) in [6.07, 6.45) is 4.68. The van der Waals surface area contributed by atoms with Crippen LogP contribution in [0.15, 0.2) is 12.1 Å². The summed E-state index contributed by atoms with van der Waals surface area (Å²) in [6.45, 7) is 3.91. The average Bonchev–Trinajstić information content (AvgIpc) is 3.34. The van der Waals surface area contributed by atoms with E-state index in [0.717, 1.165) is 34.8 Å². The van der Waals surface area contributed by atoms with Crippen LogP contribution in [0.4, 0.5) is 0 Å². The van der Waals surface area contributed by atoms with Crippen molar-refractivity contribution in [2.75, 3.05) is 38.6 Å². The van der Waals surface area contributed by atoms with Crippen LogP contribution in [-0.2, 0) is 26.0 Å². The Balaban J connectivity index is 1.52. The maximum atomic E-state index is 12.5. The van der Waals surface area contributed by atoms with Gasteiger partial charge in [-0.2, -0.15) is 4.72 Å². The predicted molar refractivity (Wildman–Crippen MR) is 131 cm³/mol. The molecule has 9 nitrogen and oxygen atoms in total.